The highest BCUT2D eigenvalue weighted by Crippen LogP contribution is 2.27. The van der Waals surface area contributed by atoms with E-state index in [0.29, 0.717) is 0 Å². The summed E-state index contributed by atoms with van der Waals surface area (Å²) in [6, 6.07) is 14.1. The SMILES string of the molecule is COc1ccc(Br)c(NCc2ccc(Br)cc2)c1. The molecule has 2 rings (SSSR count). The van der Waals surface area contributed by atoms with Gasteiger partial charge in [-0.15, -0.1) is 0 Å². The van der Waals surface area contributed by atoms with Gasteiger partial charge < -0.3 is 10.1 Å². The number of halogens is 2. The van der Waals surface area contributed by atoms with Crippen molar-refractivity contribution < 1.29 is 4.74 Å². The highest BCUT2D eigenvalue weighted by atomic mass is 79.9. The quantitative estimate of drug-likeness (QED) is 0.831. The number of ether oxygens (including phenoxy) is 1. The average Bonchev–Trinajstić information content (AvgIpc) is 2.40. The van der Waals surface area contributed by atoms with Crippen LogP contribution >= 0.6 is 31.9 Å². The number of rotatable bonds is 4. The van der Waals surface area contributed by atoms with Crippen LogP contribution in [0, 0.1) is 0 Å². The third-order valence-corrected chi connectivity index (χ3v) is 3.79. The molecule has 0 aliphatic carbocycles. The number of methoxy groups -OCH3 is 1. The monoisotopic (exact) mass is 369 g/mol. The standard InChI is InChI=1S/C14H13Br2NO/c1-18-12-6-7-13(16)14(8-12)17-9-10-2-4-11(15)5-3-10/h2-8,17H,9H2,1H3. The van der Waals surface area contributed by atoms with E-state index in [2.05, 4.69) is 49.3 Å². The van der Waals surface area contributed by atoms with Crippen LogP contribution in [0.3, 0.4) is 0 Å². The largest absolute Gasteiger partial charge is 0.497 e. The molecule has 18 heavy (non-hydrogen) atoms. The minimum Gasteiger partial charge on any atom is -0.497 e. The van der Waals surface area contributed by atoms with Crippen LogP contribution in [0.15, 0.2) is 51.4 Å². The Balaban J connectivity index is 2.07. The number of anilines is 1. The lowest BCUT2D eigenvalue weighted by Crippen LogP contribution is -2.00. The third kappa shape index (κ3) is 3.50. The highest BCUT2D eigenvalue weighted by molar-refractivity contribution is 9.10. The topological polar surface area (TPSA) is 21.3 Å². The van der Waals surface area contributed by atoms with Crippen molar-refractivity contribution in [3.63, 3.8) is 0 Å². The van der Waals surface area contributed by atoms with Crippen molar-refractivity contribution in [2.45, 2.75) is 6.54 Å². The van der Waals surface area contributed by atoms with E-state index in [1.54, 1.807) is 7.11 Å². The molecule has 0 atom stereocenters. The van der Waals surface area contributed by atoms with Crippen molar-refractivity contribution in [1.82, 2.24) is 0 Å². The van der Waals surface area contributed by atoms with E-state index in [-0.39, 0.29) is 0 Å². The molecule has 0 bridgehead atoms. The molecule has 0 aliphatic rings. The molecule has 0 unspecified atom stereocenters. The number of hydrogen-bond donors (Lipinski definition) is 1. The van der Waals surface area contributed by atoms with Gasteiger partial charge in [-0.25, -0.2) is 0 Å². The van der Waals surface area contributed by atoms with E-state index in [9.17, 15) is 0 Å². The number of hydrogen-bond acceptors (Lipinski definition) is 2. The summed E-state index contributed by atoms with van der Waals surface area (Å²) in [5.41, 5.74) is 2.25. The lowest BCUT2D eigenvalue weighted by Gasteiger charge is -2.10. The zero-order valence-corrected chi connectivity index (χ0v) is 13.1. The Morgan fingerprint density at radius 1 is 1.06 bits per heavy atom. The zero-order valence-electron chi connectivity index (χ0n) is 9.91. The van der Waals surface area contributed by atoms with Crippen LogP contribution in [0.25, 0.3) is 0 Å². The van der Waals surface area contributed by atoms with E-state index >= 15 is 0 Å². The van der Waals surface area contributed by atoms with Crippen molar-refractivity contribution >= 4 is 37.5 Å². The molecule has 0 spiro atoms. The molecule has 2 aromatic carbocycles. The van der Waals surface area contributed by atoms with E-state index in [1.165, 1.54) is 5.56 Å². The molecule has 0 saturated carbocycles. The summed E-state index contributed by atoms with van der Waals surface area (Å²) in [6.07, 6.45) is 0. The van der Waals surface area contributed by atoms with Crippen molar-refractivity contribution in [2.24, 2.45) is 0 Å². The van der Waals surface area contributed by atoms with Gasteiger partial charge in [-0.1, -0.05) is 28.1 Å². The van der Waals surface area contributed by atoms with Crippen molar-refractivity contribution in [3.8, 4) is 5.75 Å². The highest BCUT2D eigenvalue weighted by Gasteiger charge is 2.02. The third-order valence-electron chi connectivity index (χ3n) is 2.57. The predicted octanol–water partition coefficient (Wildman–Crippen LogP) is 4.83. The fourth-order valence-corrected chi connectivity index (χ4v) is 2.22. The van der Waals surface area contributed by atoms with E-state index < -0.39 is 0 Å². The molecule has 94 valence electrons. The number of benzene rings is 2. The summed E-state index contributed by atoms with van der Waals surface area (Å²) in [5.74, 6) is 0.844. The van der Waals surface area contributed by atoms with Gasteiger partial charge in [-0.05, 0) is 45.8 Å². The van der Waals surface area contributed by atoms with Crippen LogP contribution in [0.4, 0.5) is 5.69 Å². The van der Waals surface area contributed by atoms with E-state index in [4.69, 9.17) is 4.74 Å². The lowest BCUT2D eigenvalue weighted by molar-refractivity contribution is 0.415. The Morgan fingerprint density at radius 2 is 1.78 bits per heavy atom. The van der Waals surface area contributed by atoms with Gasteiger partial charge in [0.05, 0.1) is 12.8 Å². The second-order valence-electron chi connectivity index (χ2n) is 3.83. The van der Waals surface area contributed by atoms with Crippen LogP contribution in [0.2, 0.25) is 0 Å². The Hall–Kier alpha value is -1.00. The molecule has 2 aromatic rings. The van der Waals surface area contributed by atoms with E-state index in [0.717, 1.165) is 26.9 Å². The maximum atomic E-state index is 5.21. The van der Waals surface area contributed by atoms with Gasteiger partial charge in [-0.3, -0.25) is 0 Å². The first-order valence-corrected chi connectivity index (χ1v) is 7.09. The molecule has 0 radical (unpaired) electrons. The van der Waals surface area contributed by atoms with Gasteiger partial charge in [0, 0.05) is 21.6 Å². The van der Waals surface area contributed by atoms with Crippen LogP contribution in [-0.2, 0) is 6.54 Å². The van der Waals surface area contributed by atoms with Crippen molar-refractivity contribution in [1.29, 1.82) is 0 Å². The second-order valence-corrected chi connectivity index (χ2v) is 5.60. The Kier molecular flexibility index (Phi) is 4.66. The first-order chi connectivity index (χ1) is 8.69. The first kappa shape index (κ1) is 13.4. The molecule has 0 saturated heterocycles. The van der Waals surface area contributed by atoms with Gasteiger partial charge in [0.1, 0.15) is 5.75 Å². The van der Waals surface area contributed by atoms with Gasteiger partial charge in [0.15, 0.2) is 0 Å². The molecule has 0 fully saturated rings. The number of nitrogens with one attached hydrogen (secondary N) is 1. The fourth-order valence-electron chi connectivity index (χ4n) is 1.57. The van der Waals surface area contributed by atoms with Crippen LogP contribution in [-0.4, -0.2) is 7.11 Å². The molecule has 0 aromatic heterocycles. The molecule has 0 aliphatic heterocycles. The fraction of sp³-hybridized carbons (Fsp3) is 0.143. The molecular weight excluding hydrogens is 358 g/mol. The predicted molar refractivity (Wildman–Crippen MR) is 82.2 cm³/mol. The van der Waals surface area contributed by atoms with Crippen LogP contribution < -0.4 is 10.1 Å². The summed E-state index contributed by atoms with van der Waals surface area (Å²) < 4.78 is 7.33. The minimum atomic E-state index is 0.777. The van der Waals surface area contributed by atoms with Crippen LogP contribution in [0.1, 0.15) is 5.56 Å². The minimum absolute atomic E-state index is 0.777. The smallest absolute Gasteiger partial charge is 0.121 e. The summed E-state index contributed by atoms with van der Waals surface area (Å²) in [5, 5.41) is 3.38. The van der Waals surface area contributed by atoms with Crippen molar-refractivity contribution in [3.05, 3.63) is 57.0 Å². The zero-order chi connectivity index (χ0) is 13.0. The summed E-state index contributed by atoms with van der Waals surface area (Å²) in [7, 11) is 1.67. The summed E-state index contributed by atoms with van der Waals surface area (Å²) in [6.45, 7) is 0.777. The van der Waals surface area contributed by atoms with E-state index in [1.807, 2.05) is 30.3 Å². The maximum absolute atomic E-state index is 5.21. The Morgan fingerprint density at radius 3 is 2.44 bits per heavy atom. The normalized spacial score (nSPS) is 10.2. The molecule has 2 nitrogen and oxygen atoms in total. The molecular formula is C14H13Br2NO. The van der Waals surface area contributed by atoms with Gasteiger partial charge in [0.25, 0.3) is 0 Å². The lowest BCUT2D eigenvalue weighted by atomic mass is 10.2. The molecule has 0 amide bonds. The second kappa shape index (κ2) is 6.25. The molecule has 0 heterocycles. The van der Waals surface area contributed by atoms with Gasteiger partial charge in [-0.2, -0.15) is 0 Å². The molecule has 1 N–H and O–H groups in total. The summed E-state index contributed by atoms with van der Waals surface area (Å²) >= 11 is 6.95. The van der Waals surface area contributed by atoms with Crippen LogP contribution in [0.5, 0.6) is 5.75 Å². The van der Waals surface area contributed by atoms with Gasteiger partial charge in [0.2, 0.25) is 0 Å². The average molecular weight is 371 g/mol. The Bertz CT molecular complexity index is 526. The van der Waals surface area contributed by atoms with Crippen molar-refractivity contribution in [2.75, 3.05) is 12.4 Å². The molecule has 4 heteroatoms. The Labute approximate surface area is 124 Å². The summed E-state index contributed by atoms with van der Waals surface area (Å²) in [4.78, 5) is 0. The maximum Gasteiger partial charge on any atom is 0.121 e. The van der Waals surface area contributed by atoms with Gasteiger partial charge >= 0.3 is 0 Å². The first-order valence-electron chi connectivity index (χ1n) is 5.51.